The molecule has 0 spiro atoms. The van der Waals surface area contributed by atoms with Crippen molar-refractivity contribution in [1.82, 2.24) is 9.47 Å². The largest absolute Gasteiger partial charge is 0.345 e. The van der Waals surface area contributed by atoms with Crippen molar-refractivity contribution >= 4 is 33.8 Å². The first-order valence-electron chi connectivity index (χ1n) is 8.42. The van der Waals surface area contributed by atoms with E-state index in [1.165, 1.54) is 27.5 Å². The van der Waals surface area contributed by atoms with Gasteiger partial charge in [0, 0.05) is 23.5 Å². The number of nitrogens with zero attached hydrogens (tertiary/aromatic N) is 4. The lowest BCUT2D eigenvalue weighted by atomic mass is 10.1. The lowest BCUT2D eigenvalue weighted by molar-refractivity contribution is 0.549. The zero-order chi connectivity index (χ0) is 16.8. The van der Waals surface area contributed by atoms with Crippen LogP contribution in [0.2, 0.25) is 0 Å². The summed E-state index contributed by atoms with van der Waals surface area (Å²) in [6.07, 6.45) is 1.86. The predicted octanol–water partition coefficient (Wildman–Crippen LogP) is 4.44. The standard InChI is InChI=1S/C21H18N4/c1-23-14-22-24(15-23)17-11-12-19-18-9-5-6-10-20(18)25(21(19)13-17)16-7-3-2-4-8-16/h2-14H,15H2,1H3. The average molecular weight is 326 g/mol. The van der Waals surface area contributed by atoms with Crippen molar-refractivity contribution in [3.05, 3.63) is 72.8 Å². The van der Waals surface area contributed by atoms with E-state index in [1.807, 2.05) is 18.4 Å². The molecule has 1 aliphatic heterocycles. The van der Waals surface area contributed by atoms with Crippen molar-refractivity contribution in [3.63, 3.8) is 0 Å². The topological polar surface area (TPSA) is 23.8 Å². The van der Waals surface area contributed by atoms with E-state index in [4.69, 9.17) is 0 Å². The molecular weight excluding hydrogens is 308 g/mol. The van der Waals surface area contributed by atoms with E-state index in [9.17, 15) is 0 Å². The molecule has 0 saturated carbocycles. The molecule has 4 heteroatoms. The van der Waals surface area contributed by atoms with Crippen LogP contribution < -0.4 is 5.01 Å². The fraction of sp³-hybridized carbons (Fsp3) is 0.0952. The summed E-state index contributed by atoms with van der Waals surface area (Å²) in [6, 6.07) is 25.7. The van der Waals surface area contributed by atoms with Gasteiger partial charge in [0.15, 0.2) is 0 Å². The van der Waals surface area contributed by atoms with Crippen molar-refractivity contribution < 1.29 is 0 Å². The Morgan fingerprint density at radius 2 is 1.52 bits per heavy atom. The minimum Gasteiger partial charge on any atom is -0.345 e. The number of fused-ring (bicyclic) bond motifs is 3. The van der Waals surface area contributed by atoms with E-state index in [0.29, 0.717) is 0 Å². The van der Waals surface area contributed by atoms with Gasteiger partial charge in [0.1, 0.15) is 13.0 Å². The van der Waals surface area contributed by atoms with Crippen LogP contribution in [0.1, 0.15) is 0 Å². The summed E-state index contributed by atoms with van der Waals surface area (Å²) in [6.45, 7) is 0.775. The molecule has 5 rings (SSSR count). The van der Waals surface area contributed by atoms with Crippen LogP contribution in [0.3, 0.4) is 0 Å². The van der Waals surface area contributed by atoms with E-state index in [-0.39, 0.29) is 0 Å². The van der Waals surface area contributed by atoms with Gasteiger partial charge in [0.05, 0.1) is 16.7 Å². The summed E-state index contributed by atoms with van der Waals surface area (Å²) in [5.74, 6) is 0. The molecule has 0 N–H and O–H groups in total. The molecule has 0 unspecified atom stereocenters. The normalized spacial score (nSPS) is 14.1. The van der Waals surface area contributed by atoms with Crippen molar-refractivity contribution in [2.24, 2.45) is 5.10 Å². The van der Waals surface area contributed by atoms with Gasteiger partial charge < -0.3 is 9.47 Å². The second kappa shape index (κ2) is 5.38. The SMILES string of the molecule is CN1C=NN(c2ccc3c4ccccc4n(-c4ccccc4)c3c2)C1. The Hall–Kier alpha value is -3.27. The van der Waals surface area contributed by atoms with Crippen LogP contribution in [-0.2, 0) is 0 Å². The van der Waals surface area contributed by atoms with Crippen LogP contribution in [0.5, 0.6) is 0 Å². The molecule has 4 aromatic rings. The van der Waals surface area contributed by atoms with E-state index < -0.39 is 0 Å². The van der Waals surface area contributed by atoms with Crippen molar-refractivity contribution in [3.8, 4) is 5.69 Å². The average Bonchev–Trinajstić information content (AvgIpc) is 3.23. The van der Waals surface area contributed by atoms with Gasteiger partial charge in [-0.15, -0.1) is 0 Å². The maximum absolute atomic E-state index is 4.48. The molecule has 0 amide bonds. The van der Waals surface area contributed by atoms with Crippen molar-refractivity contribution in [1.29, 1.82) is 0 Å². The number of anilines is 1. The second-order valence-corrected chi connectivity index (χ2v) is 6.42. The maximum atomic E-state index is 4.48. The lowest BCUT2D eigenvalue weighted by Crippen LogP contribution is -2.22. The molecule has 25 heavy (non-hydrogen) atoms. The Balaban J connectivity index is 1.81. The van der Waals surface area contributed by atoms with Gasteiger partial charge in [-0.2, -0.15) is 5.10 Å². The molecule has 122 valence electrons. The smallest absolute Gasteiger partial charge is 0.113 e. The van der Waals surface area contributed by atoms with Gasteiger partial charge in [-0.1, -0.05) is 42.5 Å². The fourth-order valence-corrected chi connectivity index (χ4v) is 3.56. The van der Waals surface area contributed by atoms with Crippen molar-refractivity contribution in [2.75, 3.05) is 18.7 Å². The van der Waals surface area contributed by atoms with Gasteiger partial charge >= 0.3 is 0 Å². The van der Waals surface area contributed by atoms with Gasteiger partial charge in [-0.3, -0.25) is 0 Å². The number of hydrogen-bond donors (Lipinski definition) is 0. The number of hydrogen-bond acceptors (Lipinski definition) is 3. The van der Waals surface area contributed by atoms with Gasteiger partial charge in [0.25, 0.3) is 0 Å². The highest BCUT2D eigenvalue weighted by atomic mass is 15.6. The number of para-hydroxylation sites is 2. The molecule has 3 aromatic carbocycles. The zero-order valence-corrected chi connectivity index (χ0v) is 14.0. The highest BCUT2D eigenvalue weighted by Crippen LogP contribution is 2.34. The highest BCUT2D eigenvalue weighted by Gasteiger charge is 2.16. The van der Waals surface area contributed by atoms with E-state index in [2.05, 4.69) is 87.4 Å². The zero-order valence-electron chi connectivity index (χ0n) is 14.0. The molecule has 0 bridgehead atoms. The number of hydrazone groups is 1. The Morgan fingerprint density at radius 3 is 2.32 bits per heavy atom. The molecule has 0 saturated heterocycles. The highest BCUT2D eigenvalue weighted by molar-refractivity contribution is 6.10. The summed E-state index contributed by atoms with van der Waals surface area (Å²) >= 11 is 0. The molecular formula is C21H18N4. The van der Waals surface area contributed by atoms with Crippen LogP contribution in [0, 0.1) is 0 Å². The van der Waals surface area contributed by atoms with E-state index in [1.54, 1.807) is 0 Å². The summed E-state index contributed by atoms with van der Waals surface area (Å²) in [5, 5.41) is 9.03. The first kappa shape index (κ1) is 14.1. The van der Waals surface area contributed by atoms with Crippen LogP contribution in [0.4, 0.5) is 5.69 Å². The molecule has 1 aromatic heterocycles. The Morgan fingerprint density at radius 1 is 0.760 bits per heavy atom. The Bertz CT molecular complexity index is 1090. The summed E-state index contributed by atoms with van der Waals surface area (Å²) in [7, 11) is 2.03. The van der Waals surface area contributed by atoms with Gasteiger partial charge in [0.2, 0.25) is 0 Å². The molecule has 4 nitrogen and oxygen atoms in total. The summed E-state index contributed by atoms with van der Waals surface area (Å²) in [4.78, 5) is 2.07. The van der Waals surface area contributed by atoms with Crippen LogP contribution >= 0.6 is 0 Å². The van der Waals surface area contributed by atoms with Crippen molar-refractivity contribution in [2.45, 2.75) is 0 Å². The third-order valence-electron chi connectivity index (χ3n) is 4.71. The molecule has 2 heterocycles. The summed E-state index contributed by atoms with van der Waals surface area (Å²) < 4.78 is 2.33. The molecule has 1 aliphatic rings. The second-order valence-electron chi connectivity index (χ2n) is 6.42. The Labute approximate surface area is 146 Å². The molecule has 0 atom stereocenters. The third-order valence-corrected chi connectivity index (χ3v) is 4.71. The minimum absolute atomic E-state index is 0.775. The van der Waals surface area contributed by atoms with Crippen LogP contribution in [0.25, 0.3) is 27.5 Å². The molecule has 0 fully saturated rings. The number of aromatic nitrogens is 1. The van der Waals surface area contributed by atoms with Gasteiger partial charge in [-0.25, -0.2) is 5.01 Å². The minimum atomic E-state index is 0.775. The van der Waals surface area contributed by atoms with Crippen LogP contribution in [0.15, 0.2) is 77.9 Å². The van der Waals surface area contributed by atoms with Gasteiger partial charge in [-0.05, 0) is 30.3 Å². The third kappa shape index (κ3) is 2.18. The van der Waals surface area contributed by atoms with E-state index in [0.717, 1.165) is 12.4 Å². The molecule has 0 aliphatic carbocycles. The number of benzene rings is 3. The monoisotopic (exact) mass is 326 g/mol. The quantitative estimate of drug-likeness (QED) is 0.544. The lowest BCUT2D eigenvalue weighted by Gasteiger charge is -2.16. The summed E-state index contributed by atoms with van der Waals surface area (Å²) in [5.41, 5.74) is 4.71. The Kier molecular flexibility index (Phi) is 3.04. The van der Waals surface area contributed by atoms with E-state index >= 15 is 0 Å². The van der Waals surface area contributed by atoms with Crippen LogP contribution in [-0.4, -0.2) is 29.5 Å². The number of rotatable bonds is 2. The first-order chi connectivity index (χ1) is 12.3. The first-order valence-corrected chi connectivity index (χ1v) is 8.42. The molecule has 0 radical (unpaired) electrons. The predicted molar refractivity (Wildman–Crippen MR) is 104 cm³/mol. The maximum Gasteiger partial charge on any atom is 0.113 e. The fourth-order valence-electron chi connectivity index (χ4n) is 3.56.